The number of carbonyl (C=O) groups is 2. The quantitative estimate of drug-likeness (QED) is 0.111. The van der Waals surface area contributed by atoms with Gasteiger partial charge in [0.05, 0.1) is 6.61 Å². The first kappa shape index (κ1) is 31.3. The molecule has 6 nitrogen and oxygen atoms in total. The van der Waals surface area contributed by atoms with Crippen molar-refractivity contribution >= 4 is 11.9 Å². The second-order valence-electron chi connectivity index (χ2n) is 9.37. The van der Waals surface area contributed by atoms with Gasteiger partial charge in [0.1, 0.15) is 24.7 Å². The molecule has 0 unspecified atom stereocenters. The average molecular weight is 563 g/mol. The van der Waals surface area contributed by atoms with Crippen LogP contribution < -0.4 is 9.47 Å². The minimum Gasteiger partial charge on any atom is -0.494 e. The molecule has 42 heavy (non-hydrogen) atoms. The number of ether oxygens (including phenoxy) is 3. The summed E-state index contributed by atoms with van der Waals surface area (Å²) in [5.74, 6) is 12.8. The fraction of sp³-hybridized carbons (Fsp3) is 0.222. The molecule has 0 saturated heterocycles. The highest BCUT2D eigenvalue weighted by atomic mass is 16.6. The molecule has 0 atom stereocenters. The molecule has 0 aliphatic carbocycles. The third kappa shape index (κ3) is 11.1. The predicted octanol–water partition coefficient (Wildman–Crippen LogP) is 6.48. The standard InChI is InChI=1S/C36H34O6/c1-4-35(37)42-25-24-41-34-21-15-30(16-22-34)11-17-32-18-12-31(26-28(32)3)10-9-29-13-19-33(20-14-29)40-23-7-5-6-8-27(2)36(38)39/h4,12-16,18-22,26H,1-2,5-8,23-25H2,3H3,(H,38,39). The maximum absolute atomic E-state index is 11.0. The van der Waals surface area contributed by atoms with Crippen LogP contribution in [0.2, 0.25) is 0 Å². The lowest BCUT2D eigenvalue weighted by Gasteiger charge is -2.06. The molecule has 0 amide bonds. The highest BCUT2D eigenvalue weighted by Crippen LogP contribution is 2.15. The van der Waals surface area contributed by atoms with Crippen molar-refractivity contribution in [2.75, 3.05) is 19.8 Å². The maximum atomic E-state index is 11.0. The van der Waals surface area contributed by atoms with E-state index in [1.165, 1.54) is 0 Å². The normalized spacial score (nSPS) is 9.83. The van der Waals surface area contributed by atoms with E-state index in [9.17, 15) is 9.59 Å². The molecule has 0 fully saturated rings. The van der Waals surface area contributed by atoms with Crippen molar-refractivity contribution in [2.45, 2.75) is 32.6 Å². The Balaban J connectivity index is 1.46. The van der Waals surface area contributed by atoms with Crippen molar-refractivity contribution in [3.63, 3.8) is 0 Å². The lowest BCUT2D eigenvalue weighted by Crippen LogP contribution is -2.10. The van der Waals surface area contributed by atoms with Crippen LogP contribution in [0.5, 0.6) is 11.5 Å². The summed E-state index contributed by atoms with van der Waals surface area (Å²) in [5, 5.41) is 8.83. The number of rotatable bonds is 13. The number of carboxylic acids is 1. The molecule has 0 heterocycles. The second kappa shape index (κ2) is 16.8. The van der Waals surface area contributed by atoms with Crippen LogP contribution in [0.4, 0.5) is 0 Å². The third-order valence-corrected chi connectivity index (χ3v) is 6.08. The maximum Gasteiger partial charge on any atom is 0.330 e. The van der Waals surface area contributed by atoms with E-state index in [0.717, 1.165) is 58.9 Å². The van der Waals surface area contributed by atoms with Gasteiger partial charge < -0.3 is 19.3 Å². The van der Waals surface area contributed by atoms with E-state index in [-0.39, 0.29) is 18.8 Å². The summed E-state index contributed by atoms with van der Waals surface area (Å²) in [6.45, 7) is 9.90. The Hall–Kier alpha value is -5.20. The van der Waals surface area contributed by atoms with Gasteiger partial charge in [0.2, 0.25) is 0 Å². The Kier molecular flexibility index (Phi) is 12.5. The van der Waals surface area contributed by atoms with Gasteiger partial charge in [-0.15, -0.1) is 0 Å². The molecule has 3 rings (SSSR count). The van der Waals surface area contributed by atoms with Crippen molar-refractivity contribution < 1.29 is 28.9 Å². The average Bonchev–Trinajstić information content (AvgIpc) is 3.00. The van der Waals surface area contributed by atoms with Gasteiger partial charge in [-0.25, -0.2) is 9.59 Å². The number of unbranched alkanes of at least 4 members (excludes halogenated alkanes) is 2. The largest absolute Gasteiger partial charge is 0.494 e. The molecule has 0 aromatic heterocycles. The van der Waals surface area contributed by atoms with E-state index in [2.05, 4.69) is 36.8 Å². The molecule has 214 valence electrons. The number of benzene rings is 3. The number of hydrogen-bond acceptors (Lipinski definition) is 5. The van der Waals surface area contributed by atoms with E-state index < -0.39 is 11.9 Å². The first-order valence-corrected chi connectivity index (χ1v) is 13.6. The molecule has 1 N–H and O–H groups in total. The molecule has 0 aliphatic rings. The number of hydrogen-bond donors (Lipinski definition) is 1. The number of esters is 1. The third-order valence-electron chi connectivity index (χ3n) is 6.08. The summed E-state index contributed by atoms with van der Waals surface area (Å²) in [4.78, 5) is 21.8. The smallest absolute Gasteiger partial charge is 0.330 e. The van der Waals surface area contributed by atoms with Crippen molar-refractivity contribution in [1.29, 1.82) is 0 Å². The highest BCUT2D eigenvalue weighted by molar-refractivity contribution is 5.85. The summed E-state index contributed by atoms with van der Waals surface area (Å²) >= 11 is 0. The van der Waals surface area contributed by atoms with Gasteiger partial charge in [0, 0.05) is 33.9 Å². The van der Waals surface area contributed by atoms with Crippen molar-refractivity contribution in [3.05, 3.63) is 119 Å². The first-order valence-electron chi connectivity index (χ1n) is 13.6. The van der Waals surface area contributed by atoms with Crippen LogP contribution in [0.1, 0.15) is 53.5 Å². The van der Waals surface area contributed by atoms with Gasteiger partial charge in [-0.3, -0.25) is 0 Å². The van der Waals surface area contributed by atoms with Crippen molar-refractivity contribution in [2.24, 2.45) is 0 Å². The molecular weight excluding hydrogens is 528 g/mol. The zero-order chi connectivity index (χ0) is 30.2. The second-order valence-corrected chi connectivity index (χ2v) is 9.37. The van der Waals surface area contributed by atoms with Gasteiger partial charge >= 0.3 is 11.9 Å². The van der Waals surface area contributed by atoms with Gasteiger partial charge in [-0.1, -0.05) is 36.8 Å². The Bertz CT molecular complexity index is 1510. The minimum atomic E-state index is -0.929. The summed E-state index contributed by atoms with van der Waals surface area (Å²) in [6, 6.07) is 21.0. The van der Waals surface area contributed by atoms with Crippen molar-refractivity contribution in [3.8, 4) is 35.2 Å². The van der Waals surface area contributed by atoms with Gasteiger partial charge in [0.25, 0.3) is 0 Å². The molecule has 6 heteroatoms. The minimum absolute atomic E-state index is 0.159. The fourth-order valence-corrected chi connectivity index (χ4v) is 3.71. The van der Waals surface area contributed by atoms with Crippen molar-refractivity contribution in [1.82, 2.24) is 0 Å². The summed E-state index contributed by atoms with van der Waals surface area (Å²) in [6.07, 6.45) is 4.16. The Morgan fingerprint density at radius 1 is 0.762 bits per heavy atom. The molecule has 0 saturated carbocycles. The van der Waals surface area contributed by atoms with Crippen LogP contribution in [-0.4, -0.2) is 36.9 Å². The summed E-state index contributed by atoms with van der Waals surface area (Å²) < 4.78 is 16.2. The van der Waals surface area contributed by atoms with Gasteiger partial charge in [-0.2, -0.15) is 0 Å². The monoisotopic (exact) mass is 562 g/mol. The number of carbonyl (C=O) groups excluding carboxylic acids is 1. The van der Waals surface area contributed by atoms with Crippen LogP contribution in [0.3, 0.4) is 0 Å². The van der Waals surface area contributed by atoms with Crippen LogP contribution in [0.15, 0.2) is 91.5 Å². The number of aliphatic carboxylic acids is 1. The van der Waals surface area contributed by atoms with Crippen LogP contribution >= 0.6 is 0 Å². The Morgan fingerprint density at radius 2 is 1.33 bits per heavy atom. The van der Waals surface area contributed by atoms with Gasteiger partial charge in [-0.05, 0) is 105 Å². The highest BCUT2D eigenvalue weighted by Gasteiger charge is 2.03. The molecule has 0 aliphatic heterocycles. The van der Waals surface area contributed by atoms with Crippen LogP contribution in [0.25, 0.3) is 0 Å². The predicted molar refractivity (Wildman–Crippen MR) is 163 cm³/mol. The molecule has 0 radical (unpaired) electrons. The lowest BCUT2D eigenvalue weighted by atomic mass is 10.0. The van der Waals surface area contributed by atoms with Crippen LogP contribution in [-0.2, 0) is 14.3 Å². The zero-order valence-corrected chi connectivity index (χ0v) is 23.8. The van der Waals surface area contributed by atoms with E-state index in [4.69, 9.17) is 19.3 Å². The Labute approximate surface area is 247 Å². The first-order chi connectivity index (χ1) is 20.3. The lowest BCUT2D eigenvalue weighted by molar-refractivity contribution is -0.138. The van der Waals surface area contributed by atoms with E-state index >= 15 is 0 Å². The fourth-order valence-electron chi connectivity index (χ4n) is 3.71. The Morgan fingerprint density at radius 3 is 1.93 bits per heavy atom. The van der Waals surface area contributed by atoms with Gasteiger partial charge in [0.15, 0.2) is 0 Å². The summed E-state index contributed by atoms with van der Waals surface area (Å²) in [7, 11) is 0. The molecular formula is C36H34O6. The van der Waals surface area contributed by atoms with E-state index in [1.807, 2.05) is 73.7 Å². The molecule has 3 aromatic carbocycles. The zero-order valence-electron chi connectivity index (χ0n) is 23.8. The SMILES string of the molecule is C=CC(=O)OCCOc1ccc(C#Cc2ccc(C#Cc3ccc(OCCCCCC(=C)C(=O)O)cc3)cc2C)cc1. The number of aryl methyl sites for hydroxylation is 1. The topological polar surface area (TPSA) is 82.1 Å². The van der Waals surface area contributed by atoms with E-state index in [1.54, 1.807) is 0 Å². The molecule has 3 aromatic rings. The summed E-state index contributed by atoms with van der Waals surface area (Å²) in [5.41, 5.74) is 4.88. The van der Waals surface area contributed by atoms with Crippen LogP contribution in [0, 0.1) is 30.6 Å². The molecule has 0 bridgehead atoms. The molecule has 0 spiro atoms. The van der Waals surface area contributed by atoms with E-state index in [0.29, 0.717) is 18.8 Å². The number of carboxylic acid groups (broad SMARTS) is 1.